The van der Waals surface area contributed by atoms with Crippen LogP contribution < -0.4 is 5.32 Å². The van der Waals surface area contributed by atoms with Crippen molar-refractivity contribution < 1.29 is 20.1 Å². The van der Waals surface area contributed by atoms with Crippen molar-refractivity contribution in [3.8, 4) is 0 Å². The second-order valence-electron chi connectivity index (χ2n) is 7.05. The van der Waals surface area contributed by atoms with Gasteiger partial charge in [0.2, 0.25) is 0 Å². The summed E-state index contributed by atoms with van der Waals surface area (Å²) in [7, 11) is 0. The van der Waals surface area contributed by atoms with Crippen LogP contribution in [0.15, 0.2) is 36.9 Å². The molecular weight excluding hydrogens is 362 g/mol. The number of aliphatic hydroxyl groups is 3. The maximum atomic E-state index is 10.3. The first-order valence-corrected chi connectivity index (χ1v) is 9.12. The first-order valence-electron chi connectivity index (χ1n) is 9.12. The van der Waals surface area contributed by atoms with Gasteiger partial charge in [0.1, 0.15) is 24.6 Å². The topological polar surface area (TPSA) is 126 Å². The molecule has 0 radical (unpaired) electrons. The Hall–Kier alpha value is -2.59. The van der Waals surface area contributed by atoms with E-state index in [0.717, 1.165) is 5.56 Å². The zero-order valence-electron chi connectivity index (χ0n) is 15.6. The molecule has 9 nitrogen and oxygen atoms in total. The van der Waals surface area contributed by atoms with Gasteiger partial charge in [0.05, 0.1) is 19.0 Å². The lowest BCUT2D eigenvalue weighted by Gasteiger charge is -2.17. The molecule has 5 atom stereocenters. The Balaban J connectivity index is 1.63. The predicted octanol–water partition coefficient (Wildman–Crippen LogP) is 0.919. The number of aryl methyl sites for hydroxylation is 1. The third-order valence-electron chi connectivity index (χ3n) is 5.08. The van der Waals surface area contributed by atoms with Gasteiger partial charge in [-0.25, -0.2) is 15.0 Å². The van der Waals surface area contributed by atoms with E-state index in [9.17, 15) is 15.3 Å². The van der Waals surface area contributed by atoms with Gasteiger partial charge in [-0.2, -0.15) is 0 Å². The smallest absolute Gasteiger partial charge is 0.167 e. The van der Waals surface area contributed by atoms with Crippen LogP contribution in [0.5, 0.6) is 0 Å². The SMILES string of the molecule is Cc1ccc([C@H](C)Nc2ncnc3c2ncn3[C@@H]2O[C@H](CO)C(O)C2O)cc1. The van der Waals surface area contributed by atoms with E-state index in [-0.39, 0.29) is 6.04 Å². The van der Waals surface area contributed by atoms with Crippen molar-refractivity contribution in [2.45, 2.75) is 44.4 Å². The van der Waals surface area contributed by atoms with Crippen molar-refractivity contribution in [1.29, 1.82) is 0 Å². The van der Waals surface area contributed by atoms with E-state index in [1.54, 1.807) is 4.57 Å². The Morgan fingerprint density at radius 3 is 2.57 bits per heavy atom. The first-order chi connectivity index (χ1) is 13.5. The molecule has 1 aliphatic rings. The van der Waals surface area contributed by atoms with Gasteiger partial charge >= 0.3 is 0 Å². The van der Waals surface area contributed by atoms with Crippen molar-refractivity contribution in [3.05, 3.63) is 48.0 Å². The van der Waals surface area contributed by atoms with Crippen LogP contribution in [0.25, 0.3) is 11.2 Å². The summed E-state index contributed by atoms with van der Waals surface area (Å²) in [6.45, 7) is 3.68. The summed E-state index contributed by atoms with van der Waals surface area (Å²) in [6, 6.07) is 8.23. The average Bonchev–Trinajstić information content (AvgIpc) is 3.24. The third-order valence-corrected chi connectivity index (χ3v) is 5.08. The molecule has 2 unspecified atom stereocenters. The Kier molecular flexibility index (Phi) is 4.98. The van der Waals surface area contributed by atoms with E-state index < -0.39 is 31.1 Å². The molecule has 28 heavy (non-hydrogen) atoms. The molecule has 3 aromatic rings. The monoisotopic (exact) mass is 385 g/mol. The molecule has 0 saturated carbocycles. The summed E-state index contributed by atoms with van der Waals surface area (Å²) >= 11 is 0. The number of hydrogen-bond donors (Lipinski definition) is 4. The number of hydrogen-bond acceptors (Lipinski definition) is 8. The highest BCUT2D eigenvalue weighted by atomic mass is 16.6. The molecule has 1 saturated heterocycles. The van der Waals surface area contributed by atoms with Gasteiger partial charge in [0.25, 0.3) is 0 Å². The molecule has 1 aliphatic heterocycles. The lowest BCUT2D eigenvalue weighted by Crippen LogP contribution is -2.33. The zero-order chi connectivity index (χ0) is 19.8. The molecule has 1 fully saturated rings. The summed E-state index contributed by atoms with van der Waals surface area (Å²) in [5.74, 6) is 0.559. The molecule has 1 aromatic carbocycles. The summed E-state index contributed by atoms with van der Waals surface area (Å²) in [6.07, 6.45) is -1.25. The number of fused-ring (bicyclic) bond motifs is 1. The van der Waals surface area contributed by atoms with Crippen LogP contribution >= 0.6 is 0 Å². The highest BCUT2D eigenvalue weighted by molar-refractivity contribution is 5.82. The Labute approximate surface area is 161 Å². The normalized spacial score (nSPS) is 25.9. The van der Waals surface area contributed by atoms with Crippen LogP contribution in [-0.4, -0.2) is 59.8 Å². The maximum absolute atomic E-state index is 10.3. The lowest BCUT2D eigenvalue weighted by atomic mass is 10.1. The number of nitrogens with one attached hydrogen (secondary N) is 1. The number of rotatable bonds is 5. The van der Waals surface area contributed by atoms with Gasteiger partial charge < -0.3 is 25.4 Å². The van der Waals surface area contributed by atoms with E-state index in [4.69, 9.17) is 4.74 Å². The summed E-state index contributed by atoms with van der Waals surface area (Å²) in [5, 5.41) is 32.9. The van der Waals surface area contributed by atoms with Crippen molar-refractivity contribution in [1.82, 2.24) is 19.5 Å². The summed E-state index contributed by atoms with van der Waals surface area (Å²) in [4.78, 5) is 12.9. The highest BCUT2D eigenvalue weighted by Gasteiger charge is 2.44. The molecule has 4 rings (SSSR count). The second-order valence-corrected chi connectivity index (χ2v) is 7.05. The van der Waals surface area contributed by atoms with Crippen molar-refractivity contribution in [3.63, 3.8) is 0 Å². The van der Waals surface area contributed by atoms with Crippen LogP contribution in [-0.2, 0) is 4.74 Å². The van der Waals surface area contributed by atoms with Gasteiger partial charge in [-0.1, -0.05) is 29.8 Å². The number of nitrogens with zero attached hydrogens (tertiary/aromatic N) is 4. The van der Waals surface area contributed by atoms with Gasteiger partial charge in [0.15, 0.2) is 23.2 Å². The van der Waals surface area contributed by atoms with Crippen molar-refractivity contribution in [2.75, 3.05) is 11.9 Å². The lowest BCUT2D eigenvalue weighted by molar-refractivity contribution is -0.0511. The predicted molar refractivity (Wildman–Crippen MR) is 102 cm³/mol. The molecule has 9 heteroatoms. The molecule has 0 bridgehead atoms. The Morgan fingerprint density at radius 1 is 1.14 bits per heavy atom. The molecule has 3 heterocycles. The van der Waals surface area contributed by atoms with Gasteiger partial charge in [-0.05, 0) is 19.4 Å². The minimum Gasteiger partial charge on any atom is -0.394 e. The van der Waals surface area contributed by atoms with Crippen LogP contribution in [0.2, 0.25) is 0 Å². The molecule has 4 N–H and O–H groups in total. The fourth-order valence-electron chi connectivity index (χ4n) is 3.40. The standard InChI is InChI=1S/C19H23N5O4/c1-10-3-5-12(6-4-10)11(2)23-17-14-18(21-8-20-17)24(9-22-14)19-16(27)15(26)13(7-25)28-19/h3-6,8-9,11,13,15-16,19,25-27H,7H2,1-2H3,(H,20,21,23)/t11-,13+,15?,16?,19+/m0/s1. The fourth-order valence-corrected chi connectivity index (χ4v) is 3.40. The minimum atomic E-state index is -1.20. The number of imidazole rings is 1. The van der Waals surface area contributed by atoms with Gasteiger partial charge in [-0.3, -0.25) is 4.57 Å². The number of aromatic nitrogens is 4. The third kappa shape index (κ3) is 3.22. The number of benzene rings is 1. The Bertz CT molecular complexity index is 961. The zero-order valence-corrected chi connectivity index (χ0v) is 15.6. The largest absolute Gasteiger partial charge is 0.394 e. The average molecular weight is 385 g/mol. The summed E-state index contributed by atoms with van der Waals surface area (Å²) < 4.78 is 7.13. The quantitative estimate of drug-likeness (QED) is 0.511. The van der Waals surface area contributed by atoms with Crippen LogP contribution in [0.1, 0.15) is 30.3 Å². The van der Waals surface area contributed by atoms with Crippen molar-refractivity contribution >= 4 is 17.0 Å². The van der Waals surface area contributed by atoms with Crippen LogP contribution in [0.3, 0.4) is 0 Å². The number of ether oxygens (including phenoxy) is 1. The molecular formula is C19H23N5O4. The van der Waals surface area contributed by atoms with Gasteiger partial charge in [0, 0.05) is 0 Å². The molecule has 0 amide bonds. The minimum absolute atomic E-state index is 0.00207. The molecule has 2 aromatic heterocycles. The molecule has 148 valence electrons. The van der Waals surface area contributed by atoms with Crippen molar-refractivity contribution in [2.24, 2.45) is 0 Å². The van der Waals surface area contributed by atoms with Gasteiger partial charge in [-0.15, -0.1) is 0 Å². The maximum Gasteiger partial charge on any atom is 0.167 e. The summed E-state index contributed by atoms with van der Waals surface area (Å²) in [5.41, 5.74) is 3.29. The number of aliphatic hydroxyl groups excluding tert-OH is 3. The van der Waals surface area contributed by atoms with Crippen LogP contribution in [0, 0.1) is 6.92 Å². The van der Waals surface area contributed by atoms with E-state index in [1.807, 2.05) is 13.8 Å². The number of anilines is 1. The molecule has 0 aliphatic carbocycles. The Morgan fingerprint density at radius 2 is 1.89 bits per heavy atom. The van der Waals surface area contributed by atoms with E-state index >= 15 is 0 Å². The van der Waals surface area contributed by atoms with E-state index in [1.165, 1.54) is 18.2 Å². The highest BCUT2D eigenvalue weighted by Crippen LogP contribution is 2.32. The fraction of sp³-hybridized carbons (Fsp3) is 0.421. The first kappa shape index (κ1) is 18.8. The van der Waals surface area contributed by atoms with E-state index in [0.29, 0.717) is 17.0 Å². The van der Waals surface area contributed by atoms with Crippen LogP contribution in [0.4, 0.5) is 5.82 Å². The second kappa shape index (κ2) is 7.44. The molecule has 0 spiro atoms. The van der Waals surface area contributed by atoms with E-state index in [2.05, 4.69) is 44.5 Å².